The van der Waals surface area contributed by atoms with Gasteiger partial charge in [-0.2, -0.15) is 0 Å². The molecule has 0 saturated carbocycles. The van der Waals surface area contributed by atoms with Crippen LogP contribution < -0.4 is 10.4 Å². The molecule has 0 aromatic heterocycles. The molecule has 1 unspecified atom stereocenters. The van der Waals surface area contributed by atoms with Crippen molar-refractivity contribution in [1.82, 2.24) is 0 Å². The summed E-state index contributed by atoms with van der Waals surface area (Å²) in [6.07, 6.45) is 5.63. The Kier molecular flexibility index (Phi) is 7.06. The second-order valence-electron chi connectivity index (χ2n) is 10.2. The average molecular weight is 423 g/mol. The molecule has 1 fully saturated rings. The molecule has 2 aromatic rings. The smallest absolute Gasteiger partial charge is 0.261 e. The maximum absolute atomic E-state index is 7.07. The molecule has 3 rings (SSSR count). The van der Waals surface area contributed by atoms with E-state index in [0.717, 1.165) is 19.6 Å². The lowest BCUT2D eigenvalue weighted by Crippen LogP contribution is -2.66. The molecule has 0 amide bonds. The summed E-state index contributed by atoms with van der Waals surface area (Å²) in [5.41, 5.74) is -0.0357. The summed E-state index contributed by atoms with van der Waals surface area (Å²) in [6, 6.07) is 21.8. The number of hydrogen-bond donors (Lipinski definition) is 0. The molecule has 1 aliphatic heterocycles. The Morgan fingerprint density at radius 3 is 1.90 bits per heavy atom. The lowest BCUT2D eigenvalue weighted by molar-refractivity contribution is 0.257. The van der Waals surface area contributed by atoms with Gasteiger partial charge in [0.05, 0.1) is 6.61 Å². The molecule has 0 spiro atoms. The van der Waals surface area contributed by atoms with Crippen molar-refractivity contribution in [3.05, 3.63) is 72.8 Å². The van der Waals surface area contributed by atoms with Crippen molar-refractivity contribution in [2.75, 3.05) is 13.2 Å². The molecule has 2 nitrogen and oxygen atoms in total. The van der Waals surface area contributed by atoms with Gasteiger partial charge < -0.3 is 9.16 Å². The SMILES string of the molecule is CC(C)[C@@H](/C=C/C1(C)CO1)CCO[Si](c1ccccc1)(c1ccccc1)C(C)(C)C. The topological polar surface area (TPSA) is 21.8 Å². The van der Waals surface area contributed by atoms with Crippen LogP contribution in [0.25, 0.3) is 0 Å². The fourth-order valence-electron chi connectivity index (χ4n) is 4.30. The number of hydrogen-bond acceptors (Lipinski definition) is 2. The van der Waals surface area contributed by atoms with E-state index in [0.29, 0.717) is 11.8 Å². The second kappa shape index (κ2) is 9.21. The number of rotatable bonds is 9. The van der Waals surface area contributed by atoms with Crippen molar-refractivity contribution >= 4 is 18.7 Å². The van der Waals surface area contributed by atoms with Crippen molar-refractivity contribution < 1.29 is 9.16 Å². The molecule has 0 aliphatic carbocycles. The van der Waals surface area contributed by atoms with E-state index in [1.54, 1.807) is 0 Å². The molecule has 162 valence electrons. The van der Waals surface area contributed by atoms with Crippen molar-refractivity contribution in [3.8, 4) is 0 Å². The highest BCUT2D eigenvalue weighted by atomic mass is 28.4. The predicted molar refractivity (Wildman–Crippen MR) is 130 cm³/mol. The third kappa shape index (κ3) is 5.13. The minimum atomic E-state index is -2.45. The van der Waals surface area contributed by atoms with Gasteiger partial charge in [-0.25, -0.2) is 0 Å². The van der Waals surface area contributed by atoms with Gasteiger partial charge in [-0.15, -0.1) is 0 Å². The van der Waals surface area contributed by atoms with E-state index in [9.17, 15) is 0 Å². The van der Waals surface area contributed by atoms with E-state index in [-0.39, 0.29) is 10.6 Å². The van der Waals surface area contributed by atoms with Gasteiger partial charge in [0, 0.05) is 6.61 Å². The third-order valence-electron chi connectivity index (χ3n) is 6.34. The Balaban J connectivity index is 1.88. The van der Waals surface area contributed by atoms with E-state index in [1.807, 2.05) is 0 Å². The average Bonchev–Trinajstić information content (AvgIpc) is 3.45. The van der Waals surface area contributed by atoms with E-state index in [1.165, 1.54) is 10.4 Å². The maximum atomic E-state index is 7.07. The maximum Gasteiger partial charge on any atom is 0.261 e. The van der Waals surface area contributed by atoms with Crippen LogP contribution in [0.1, 0.15) is 48.0 Å². The molecular formula is C27H38O2Si. The van der Waals surface area contributed by atoms with Crippen LogP contribution in [0.15, 0.2) is 72.8 Å². The lowest BCUT2D eigenvalue weighted by atomic mass is 9.91. The summed E-state index contributed by atoms with van der Waals surface area (Å²) in [4.78, 5) is 0. The molecule has 0 bridgehead atoms. The van der Waals surface area contributed by atoms with Gasteiger partial charge >= 0.3 is 0 Å². The summed E-state index contributed by atoms with van der Waals surface area (Å²) < 4.78 is 12.6. The Labute approximate surface area is 184 Å². The zero-order chi connectivity index (χ0) is 21.8. The summed E-state index contributed by atoms with van der Waals surface area (Å²) in [7, 11) is -2.45. The largest absolute Gasteiger partial charge is 0.407 e. The fraction of sp³-hybridized carbons (Fsp3) is 0.481. The van der Waals surface area contributed by atoms with Gasteiger partial charge in [0.2, 0.25) is 0 Å². The molecule has 2 atom stereocenters. The predicted octanol–water partition coefficient (Wildman–Crippen LogP) is 5.57. The van der Waals surface area contributed by atoms with Gasteiger partial charge in [0.1, 0.15) is 5.60 Å². The van der Waals surface area contributed by atoms with Gasteiger partial charge in [-0.1, -0.05) is 107 Å². The first-order valence-electron chi connectivity index (χ1n) is 11.3. The molecule has 0 N–H and O–H groups in total. The Morgan fingerprint density at radius 1 is 1.00 bits per heavy atom. The number of benzene rings is 2. The Morgan fingerprint density at radius 2 is 1.50 bits per heavy atom. The van der Waals surface area contributed by atoms with E-state index < -0.39 is 8.32 Å². The van der Waals surface area contributed by atoms with Crippen molar-refractivity contribution in [2.24, 2.45) is 11.8 Å². The van der Waals surface area contributed by atoms with Crippen LogP contribution in [0.5, 0.6) is 0 Å². The minimum absolute atomic E-state index is 0.0220. The van der Waals surface area contributed by atoms with Crippen molar-refractivity contribution in [1.29, 1.82) is 0 Å². The lowest BCUT2D eigenvalue weighted by Gasteiger charge is -2.43. The first kappa shape index (κ1) is 23.0. The highest BCUT2D eigenvalue weighted by Crippen LogP contribution is 2.37. The number of allylic oxidation sites excluding steroid dienone is 1. The zero-order valence-electron chi connectivity index (χ0n) is 19.5. The fourth-order valence-corrected chi connectivity index (χ4v) is 8.88. The van der Waals surface area contributed by atoms with E-state index in [2.05, 4.69) is 114 Å². The zero-order valence-corrected chi connectivity index (χ0v) is 20.5. The molecule has 2 aromatic carbocycles. The van der Waals surface area contributed by atoms with Crippen molar-refractivity contribution in [3.63, 3.8) is 0 Å². The summed E-state index contributed by atoms with van der Waals surface area (Å²) in [6.45, 7) is 15.4. The molecule has 1 aliphatic rings. The molecule has 30 heavy (non-hydrogen) atoms. The van der Waals surface area contributed by atoms with Crippen LogP contribution in [-0.4, -0.2) is 27.1 Å². The Bertz CT molecular complexity index is 777. The van der Waals surface area contributed by atoms with Gasteiger partial charge in [-0.3, -0.25) is 0 Å². The standard InChI is InChI=1S/C27H38O2Si/c1-22(2)23(17-19-27(6)21-28-27)18-20-29-30(26(3,4)5,24-13-9-7-10-14-24)25-15-11-8-12-16-25/h7-17,19,22-23H,18,20-21H2,1-6H3/b19-17+/t23-,27?/m0/s1. The monoisotopic (exact) mass is 422 g/mol. The van der Waals surface area contributed by atoms with Crippen LogP contribution in [-0.2, 0) is 9.16 Å². The summed E-state index contributed by atoms with van der Waals surface area (Å²) in [5, 5.41) is 2.72. The molecule has 1 heterocycles. The summed E-state index contributed by atoms with van der Waals surface area (Å²) >= 11 is 0. The van der Waals surface area contributed by atoms with Crippen LogP contribution in [0, 0.1) is 11.8 Å². The molecule has 3 heteroatoms. The molecular weight excluding hydrogens is 384 g/mol. The molecule has 0 radical (unpaired) electrons. The van der Waals surface area contributed by atoms with Crippen LogP contribution in [0.3, 0.4) is 0 Å². The van der Waals surface area contributed by atoms with Gasteiger partial charge in [-0.05, 0) is 40.6 Å². The van der Waals surface area contributed by atoms with Gasteiger partial charge in [0.25, 0.3) is 8.32 Å². The van der Waals surface area contributed by atoms with E-state index >= 15 is 0 Å². The number of epoxide rings is 1. The third-order valence-corrected chi connectivity index (χ3v) is 11.4. The van der Waals surface area contributed by atoms with E-state index in [4.69, 9.17) is 9.16 Å². The van der Waals surface area contributed by atoms with Crippen LogP contribution >= 0.6 is 0 Å². The number of ether oxygens (including phenoxy) is 1. The Hall–Kier alpha value is -1.68. The first-order chi connectivity index (χ1) is 14.2. The normalized spacial score (nSPS) is 20.6. The highest BCUT2D eigenvalue weighted by Gasteiger charge is 2.50. The first-order valence-corrected chi connectivity index (χ1v) is 13.2. The summed E-state index contributed by atoms with van der Waals surface area (Å²) in [5.74, 6) is 1.07. The highest BCUT2D eigenvalue weighted by molar-refractivity contribution is 6.99. The molecule has 1 saturated heterocycles. The van der Waals surface area contributed by atoms with Crippen LogP contribution in [0.2, 0.25) is 5.04 Å². The van der Waals surface area contributed by atoms with Crippen molar-refractivity contribution in [2.45, 2.75) is 58.6 Å². The quantitative estimate of drug-likeness (QED) is 0.299. The van der Waals surface area contributed by atoms with Crippen LogP contribution in [0.4, 0.5) is 0 Å². The van der Waals surface area contributed by atoms with Gasteiger partial charge in [0.15, 0.2) is 0 Å². The minimum Gasteiger partial charge on any atom is -0.407 e. The second-order valence-corrected chi connectivity index (χ2v) is 14.5.